The summed E-state index contributed by atoms with van der Waals surface area (Å²) in [6.45, 7) is 5.39. The topological polar surface area (TPSA) is 54.2 Å². The van der Waals surface area contributed by atoms with Gasteiger partial charge < -0.3 is 9.84 Å². The third-order valence-corrected chi connectivity index (χ3v) is 5.14. The van der Waals surface area contributed by atoms with E-state index in [1.165, 1.54) is 12.8 Å². The summed E-state index contributed by atoms with van der Waals surface area (Å²) in [5.74, 6) is 1.44. The molecular formula is C14H18N4OS. The maximum Gasteiger partial charge on any atom is 0.241 e. The summed E-state index contributed by atoms with van der Waals surface area (Å²) in [6.07, 6.45) is 2.58. The molecule has 2 aliphatic rings. The van der Waals surface area contributed by atoms with E-state index in [-0.39, 0.29) is 0 Å². The highest BCUT2D eigenvalue weighted by atomic mass is 32.1. The van der Waals surface area contributed by atoms with Gasteiger partial charge in [0.25, 0.3) is 0 Å². The van der Waals surface area contributed by atoms with E-state index in [0.717, 1.165) is 44.2 Å². The number of nitrogens with one attached hydrogen (secondary N) is 1. The summed E-state index contributed by atoms with van der Waals surface area (Å²) in [7, 11) is 0. The number of thiophene rings is 1. The van der Waals surface area contributed by atoms with Crippen LogP contribution in [0.3, 0.4) is 0 Å². The van der Waals surface area contributed by atoms with Gasteiger partial charge in [-0.25, -0.2) is 0 Å². The molecule has 2 saturated heterocycles. The molecule has 2 aliphatic heterocycles. The zero-order chi connectivity index (χ0) is 13.4. The van der Waals surface area contributed by atoms with Gasteiger partial charge in [-0.3, -0.25) is 4.90 Å². The maximum absolute atomic E-state index is 5.39. The predicted molar refractivity (Wildman–Crippen MR) is 77.4 cm³/mol. The number of rotatable bonds is 3. The molecule has 2 fully saturated rings. The molecule has 106 valence electrons. The van der Waals surface area contributed by atoms with E-state index in [2.05, 4.69) is 20.4 Å². The van der Waals surface area contributed by atoms with E-state index in [4.69, 9.17) is 4.52 Å². The summed E-state index contributed by atoms with van der Waals surface area (Å²) in [5, 5.41) is 11.6. The first-order valence-corrected chi connectivity index (χ1v) is 8.06. The van der Waals surface area contributed by atoms with Crippen LogP contribution in [0.1, 0.15) is 18.7 Å². The number of hydrogen-bond acceptors (Lipinski definition) is 6. The second-order valence-electron chi connectivity index (χ2n) is 5.91. The molecule has 0 saturated carbocycles. The Morgan fingerprint density at radius 2 is 2.45 bits per heavy atom. The molecule has 1 N–H and O–H groups in total. The van der Waals surface area contributed by atoms with Crippen LogP contribution in [-0.4, -0.2) is 41.2 Å². The monoisotopic (exact) mass is 290 g/mol. The highest BCUT2D eigenvalue weighted by Gasteiger charge is 2.40. The number of nitrogens with zero attached hydrogens (tertiary/aromatic N) is 3. The molecule has 0 aliphatic carbocycles. The summed E-state index contributed by atoms with van der Waals surface area (Å²) < 4.78 is 5.39. The van der Waals surface area contributed by atoms with Gasteiger partial charge in [0.1, 0.15) is 0 Å². The lowest BCUT2D eigenvalue weighted by atomic mass is 9.87. The van der Waals surface area contributed by atoms with Crippen LogP contribution in [-0.2, 0) is 6.54 Å². The molecule has 20 heavy (non-hydrogen) atoms. The molecule has 0 amide bonds. The molecule has 4 heterocycles. The highest BCUT2D eigenvalue weighted by molar-refractivity contribution is 7.08. The van der Waals surface area contributed by atoms with Gasteiger partial charge in [0.05, 0.1) is 6.54 Å². The molecular weight excluding hydrogens is 272 g/mol. The van der Waals surface area contributed by atoms with Gasteiger partial charge in [-0.1, -0.05) is 5.16 Å². The van der Waals surface area contributed by atoms with Crippen molar-refractivity contribution in [3.05, 3.63) is 22.7 Å². The Kier molecular flexibility index (Phi) is 3.09. The Labute approximate surface area is 122 Å². The first-order chi connectivity index (χ1) is 9.83. The minimum Gasteiger partial charge on any atom is -0.338 e. The Hall–Kier alpha value is -1.24. The van der Waals surface area contributed by atoms with Crippen molar-refractivity contribution >= 4 is 11.3 Å². The van der Waals surface area contributed by atoms with Crippen LogP contribution in [0.2, 0.25) is 0 Å². The largest absolute Gasteiger partial charge is 0.338 e. The third kappa shape index (κ3) is 2.28. The molecule has 6 heteroatoms. The Balaban J connectivity index is 1.43. The van der Waals surface area contributed by atoms with E-state index in [1.54, 1.807) is 11.3 Å². The number of likely N-dealkylation sites (tertiary alicyclic amines) is 1. The Morgan fingerprint density at radius 1 is 1.45 bits per heavy atom. The molecule has 0 bridgehead atoms. The first-order valence-electron chi connectivity index (χ1n) is 7.11. The molecule has 1 unspecified atom stereocenters. The van der Waals surface area contributed by atoms with E-state index < -0.39 is 0 Å². The fourth-order valence-corrected chi connectivity index (χ4v) is 3.96. The Bertz CT molecular complexity index is 574. The molecule has 1 atom stereocenters. The van der Waals surface area contributed by atoms with E-state index in [0.29, 0.717) is 11.2 Å². The molecule has 1 spiro atoms. The normalized spacial score (nSPS) is 26.8. The van der Waals surface area contributed by atoms with Crippen LogP contribution in [0.15, 0.2) is 21.3 Å². The molecule has 0 aromatic carbocycles. The Morgan fingerprint density at radius 3 is 3.25 bits per heavy atom. The van der Waals surface area contributed by atoms with Gasteiger partial charge in [-0.15, -0.1) is 0 Å². The van der Waals surface area contributed by atoms with Gasteiger partial charge >= 0.3 is 0 Å². The van der Waals surface area contributed by atoms with Crippen molar-refractivity contribution < 1.29 is 4.52 Å². The smallest absolute Gasteiger partial charge is 0.241 e. The fraction of sp³-hybridized carbons (Fsp3) is 0.571. The van der Waals surface area contributed by atoms with Crippen LogP contribution in [0, 0.1) is 5.41 Å². The minimum atomic E-state index is 0.496. The van der Waals surface area contributed by atoms with Crippen LogP contribution in [0.25, 0.3) is 11.4 Å². The maximum atomic E-state index is 5.39. The molecule has 2 aromatic heterocycles. The lowest BCUT2D eigenvalue weighted by Gasteiger charge is -2.21. The molecule has 5 nitrogen and oxygen atoms in total. The lowest BCUT2D eigenvalue weighted by molar-refractivity contribution is 0.236. The van der Waals surface area contributed by atoms with Gasteiger partial charge in [-0.2, -0.15) is 16.3 Å². The zero-order valence-electron chi connectivity index (χ0n) is 11.3. The van der Waals surface area contributed by atoms with Crippen LogP contribution in [0.4, 0.5) is 0 Å². The van der Waals surface area contributed by atoms with E-state index >= 15 is 0 Å². The third-order valence-electron chi connectivity index (χ3n) is 4.46. The van der Waals surface area contributed by atoms with Crippen molar-refractivity contribution in [3.63, 3.8) is 0 Å². The molecule has 4 rings (SSSR count). The standard InChI is InChI=1S/C14H18N4OS/c1-6-20-8-11(1)13-16-12(19-17-13)7-18-5-3-14(10-18)2-4-15-9-14/h1,6,8,15H,2-5,7,9-10H2. The summed E-state index contributed by atoms with van der Waals surface area (Å²) >= 11 is 1.65. The zero-order valence-corrected chi connectivity index (χ0v) is 12.2. The predicted octanol–water partition coefficient (Wildman–Crippen LogP) is 1.98. The quantitative estimate of drug-likeness (QED) is 0.937. The molecule has 2 aromatic rings. The summed E-state index contributed by atoms with van der Waals surface area (Å²) in [4.78, 5) is 6.95. The average Bonchev–Trinajstić information content (AvgIpc) is 3.21. The van der Waals surface area contributed by atoms with Crippen LogP contribution >= 0.6 is 11.3 Å². The fourth-order valence-electron chi connectivity index (χ4n) is 3.33. The second-order valence-corrected chi connectivity index (χ2v) is 6.69. The van der Waals surface area contributed by atoms with Gasteiger partial charge in [0, 0.05) is 24.0 Å². The van der Waals surface area contributed by atoms with Crippen molar-refractivity contribution in [2.75, 3.05) is 26.2 Å². The van der Waals surface area contributed by atoms with Crippen LogP contribution < -0.4 is 5.32 Å². The van der Waals surface area contributed by atoms with Gasteiger partial charge in [-0.05, 0) is 42.8 Å². The number of aromatic nitrogens is 2. The highest BCUT2D eigenvalue weighted by Crippen LogP contribution is 2.36. The summed E-state index contributed by atoms with van der Waals surface area (Å²) in [6, 6.07) is 2.02. The minimum absolute atomic E-state index is 0.496. The van der Waals surface area contributed by atoms with Crippen molar-refractivity contribution in [3.8, 4) is 11.4 Å². The second kappa shape index (κ2) is 4.95. The van der Waals surface area contributed by atoms with Crippen molar-refractivity contribution in [1.82, 2.24) is 20.4 Å². The van der Waals surface area contributed by atoms with Crippen molar-refractivity contribution in [1.29, 1.82) is 0 Å². The van der Waals surface area contributed by atoms with Gasteiger partial charge in [0.15, 0.2) is 0 Å². The number of hydrogen-bond donors (Lipinski definition) is 1. The average molecular weight is 290 g/mol. The van der Waals surface area contributed by atoms with Crippen molar-refractivity contribution in [2.45, 2.75) is 19.4 Å². The van der Waals surface area contributed by atoms with Crippen LogP contribution in [0.5, 0.6) is 0 Å². The lowest BCUT2D eigenvalue weighted by Crippen LogP contribution is -2.29. The van der Waals surface area contributed by atoms with Crippen molar-refractivity contribution in [2.24, 2.45) is 5.41 Å². The SMILES string of the molecule is c1cc(-c2noc(CN3CCC4(CCNC4)C3)n2)cs1. The van der Waals surface area contributed by atoms with E-state index in [9.17, 15) is 0 Å². The van der Waals surface area contributed by atoms with E-state index in [1.807, 2.05) is 16.8 Å². The summed E-state index contributed by atoms with van der Waals surface area (Å²) in [5.41, 5.74) is 1.54. The molecule has 0 radical (unpaired) electrons. The first kappa shape index (κ1) is 12.5. The van der Waals surface area contributed by atoms with Gasteiger partial charge in [0.2, 0.25) is 11.7 Å².